The van der Waals surface area contributed by atoms with Crippen molar-refractivity contribution in [2.24, 2.45) is 0 Å². The summed E-state index contributed by atoms with van der Waals surface area (Å²) in [5, 5.41) is 21.9. The molecule has 0 amide bonds. The molecular formula is C9H5N3O4. The summed E-state index contributed by atoms with van der Waals surface area (Å²) in [5.74, 6) is 0. The zero-order valence-corrected chi connectivity index (χ0v) is 7.86. The first-order chi connectivity index (χ1) is 7.61. The second kappa shape index (κ2) is 3.54. The van der Waals surface area contributed by atoms with Crippen LogP contribution in [0.5, 0.6) is 0 Å². The fraction of sp³-hybridized carbons (Fsp3) is 0. The van der Waals surface area contributed by atoms with Crippen LogP contribution in [0.2, 0.25) is 0 Å². The van der Waals surface area contributed by atoms with Crippen LogP contribution in [-0.4, -0.2) is 14.8 Å². The van der Waals surface area contributed by atoms with E-state index in [4.69, 9.17) is 0 Å². The summed E-state index contributed by atoms with van der Waals surface area (Å²) in [6.45, 7) is 0. The maximum atomic E-state index is 10.8. The zero-order chi connectivity index (χ0) is 11.7. The zero-order valence-electron chi connectivity index (χ0n) is 7.86. The number of nitrogens with zero attached hydrogens (tertiary/aromatic N) is 3. The van der Waals surface area contributed by atoms with Gasteiger partial charge in [-0.1, -0.05) is 6.07 Å². The van der Waals surface area contributed by atoms with Crippen molar-refractivity contribution in [2.75, 3.05) is 0 Å². The van der Waals surface area contributed by atoms with Gasteiger partial charge in [-0.25, -0.2) is 4.98 Å². The van der Waals surface area contributed by atoms with E-state index in [1.807, 2.05) is 0 Å². The Bertz CT molecular complexity index is 596. The van der Waals surface area contributed by atoms with Gasteiger partial charge in [0.05, 0.1) is 9.85 Å². The number of hydrogen-bond acceptors (Lipinski definition) is 5. The second-order valence-electron chi connectivity index (χ2n) is 3.02. The summed E-state index contributed by atoms with van der Waals surface area (Å²) in [5.41, 5.74) is -1.08. The Morgan fingerprint density at radius 2 is 1.81 bits per heavy atom. The molecule has 0 bridgehead atoms. The van der Waals surface area contributed by atoms with E-state index in [1.165, 1.54) is 12.3 Å². The average Bonchev–Trinajstić information content (AvgIpc) is 2.27. The highest BCUT2D eigenvalue weighted by atomic mass is 16.6. The molecule has 1 aromatic carbocycles. The molecule has 0 saturated carbocycles. The SMILES string of the molecule is O=[N+]([O-])c1ccc2cccnc2c1[N+](=O)[O-]. The first-order valence-corrected chi connectivity index (χ1v) is 4.28. The highest BCUT2D eigenvalue weighted by Gasteiger charge is 2.27. The molecule has 1 aromatic heterocycles. The highest BCUT2D eigenvalue weighted by molar-refractivity contribution is 5.91. The molecule has 0 spiro atoms. The Kier molecular flexibility index (Phi) is 2.20. The molecule has 0 radical (unpaired) electrons. The standard InChI is InChI=1S/C9H5N3O4/c13-11(14)7-4-3-6-2-1-5-10-8(6)9(7)12(15)16/h1-5H. The summed E-state index contributed by atoms with van der Waals surface area (Å²) in [6, 6.07) is 5.77. The molecule has 0 unspecified atom stereocenters. The summed E-state index contributed by atoms with van der Waals surface area (Å²) in [4.78, 5) is 23.7. The van der Waals surface area contributed by atoms with Gasteiger partial charge >= 0.3 is 11.4 Å². The first kappa shape index (κ1) is 9.97. The van der Waals surface area contributed by atoms with Crippen LogP contribution in [0, 0.1) is 20.2 Å². The van der Waals surface area contributed by atoms with Gasteiger partial charge in [0.1, 0.15) is 0 Å². The number of nitro groups is 2. The fourth-order valence-corrected chi connectivity index (χ4v) is 1.45. The lowest BCUT2D eigenvalue weighted by atomic mass is 10.1. The number of aromatic nitrogens is 1. The second-order valence-corrected chi connectivity index (χ2v) is 3.02. The van der Waals surface area contributed by atoms with Crippen molar-refractivity contribution in [3.8, 4) is 0 Å². The van der Waals surface area contributed by atoms with E-state index in [9.17, 15) is 20.2 Å². The van der Waals surface area contributed by atoms with Crippen LogP contribution in [0.1, 0.15) is 0 Å². The highest BCUT2D eigenvalue weighted by Crippen LogP contribution is 2.33. The Labute approximate surface area is 88.6 Å². The fourth-order valence-electron chi connectivity index (χ4n) is 1.45. The van der Waals surface area contributed by atoms with Crippen molar-refractivity contribution in [1.82, 2.24) is 4.98 Å². The first-order valence-electron chi connectivity index (χ1n) is 4.28. The number of benzene rings is 1. The monoisotopic (exact) mass is 219 g/mol. The third-order valence-electron chi connectivity index (χ3n) is 2.11. The molecule has 0 fully saturated rings. The van der Waals surface area contributed by atoms with Crippen molar-refractivity contribution < 1.29 is 9.85 Å². The van der Waals surface area contributed by atoms with E-state index in [-0.39, 0.29) is 5.52 Å². The largest absolute Gasteiger partial charge is 0.371 e. The molecule has 7 heteroatoms. The lowest BCUT2D eigenvalue weighted by molar-refractivity contribution is -0.421. The lowest BCUT2D eigenvalue weighted by Crippen LogP contribution is -1.98. The van der Waals surface area contributed by atoms with Crippen LogP contribution in [0.15, 0.2) is 30.5 Å². The smallest absolute Gasteiger partial charge is 0.258 e. The molecular weight excluding hydrogens is 214 g/mol. The summed E-state index contributed by atoms with van der Waals surface area (Å²) < 4.78 is 0. The van der Waals surface area contributed by atoms with Crippen LogP contribution < -0.4 is 0 Å². The topological polar surface area (TPSA) is 99.2 Å². The minimum Gasteiger partial charge on any atom is -0.258 e. The van der Waals surface area contributed by atoms with Gasteiger partial charge in [0.15, 0.2) is 5.52 Å². The van der Waals surface area contributed by atoms with Gasteiger partial charge in [0, 0.05) is 17.6 Å². The van der Waals surface area contributed by atoms with Gasteiger partial charge in [-0.2, -0.15) is 0 Å². The quantitative estimate of drug-likeness (QED) is 0.568. The molecule has 2 aromatic rings. The van der Waals surface area contributed by atoms with Crippen molar-refractivity contribution in [2.45, 2.75) is 0 Å². The number of rotatable bonds is 2. The molecule has 2 rings (SSSR count). The van der Waals surface area contributed by atoms with Crippen LogP contribution in [0.3, 0.4) is 0 Å². The molecule has 0 saturated heterocycles. The molecule has 0 N–H and O–H groups in total. The van der Waals surface area contributed by atoms with Gasteiger partial charge in [0.25, 0.3) is 0 Å². The predicted octanol–water partition coefficient (Wildman–Crippen LogP) is 2.05. The minimum atomic E-state index is -0.785. The molecule has 16 heavy (non-hydrogen) atoms. The molecule has 0 atom stereocenters. The Balaban J connectivity index is 2.90. The summed E-state index contributed by atoms with van der Waals surface area (Å²) in [6.07, 6.45) is 1.36. The third kappa shape index (κ3) is 1.44. The van der Waals surface area contributed by atoms with Crippen LogP contribution in [0.4, 0.5) is 11.4 Å². The Hall–Kier alpha value is -2.57. The molecule has 1 heterocycles. The van der Waals surface area contributed by atoms with E-state index in [0.717, 1.165) is 6.07 Å². The normalized spacial score (nSPS) is 10.2. The lowest BCUT2D eigenvalue weighted by Gasteiger charge is -1.98. The van der Waals surface area contributed by atoms with Crippen LogP contribution >= 0.6 is 0 Å². The third-order valence-corrected chi connectivity index (χ3v) is 2.11. The van der Waals surface area contributed by atoms with Gasteiger partial charge in [-0.15, -0.1) is 0 Å². The van der Waals surface area contributed by atoms with Crippen molar-refractivity contribution in [3.63, 3.8) is 0 Å². The number of fused-ring (bicyclic) bond motifs is 1. The minimum absolute atomic E-state index is 0.0294. The van der Waals surface area contributed by atoms with E-state index >= 15 is 0 Å². The van der Waals surface area contributed by atoms with Crippen molar-refractivity contribution >= 4 is 22.3 Å². The van der Waals surface area contributed by atoms with E-state index in [1.54, 1.807) is 12.1 Å². The van der Waals surface area contributed by atoms with Crippen LogP contribution in [-0.2, 0) is 0 Å². The molecule has 7 nitrogen and oxygen atoms in total. The summed E-state index contributed by atoms with van der Waals surface area (Å²) in [7, 11) is 0. The predicted molar refractivity (Wildman–Crippen MR) is 55.1 cm³/mol. The number of hydrogen-bond donors (Lipinski definition) is 0. The van der Waals surface area contributed by atoms with Crippen molar-refractivity contribution in [1.29, 1.82) is 0 Å². The van der Waals surface area contributed by atoms with Gasteiger partial charge in [0.2, 0.25) is 0 Å². The Morgan fingerprint density at radius 1 is 1.06 bits per heavy atom. The number of pyridine rings is 1. The van der Waals surface area contributed by atoms with Gasteiger partial charge < -0.3 is 0 Å². The van der Waals surface area contributed by atoms with Gasteiger partial charge in [-0.3, -0.25) is 20.2 Å². The van der Waals surface area contributed by atoms with Crippen molar-refractivity contribution in [3.05, 3.63) is 50.7 Å². The molecule has 0 aliphatic carbocycles. The van der Waals surface area contributed by atoms with E-state index in [2.05, 4.69) is 4.98 Å². The Morgan fingerprint density at radius 3 is 2.44 bits per heavy atom. The van der Waals surface area contributed by atoms with Gasteiger partial charge in [-0.05, 0) is 12.1 Å². The molecule has 0 aliphatic heterocycles. The number of nitro benzene ring substituents is 2. The maximum absolute atomic E-state index is 10.8. The van der Waals surface area contributed by atoms with E-state index < -0.39 is 21.2 Å². The average molecular weight is 219 g/mol. The molecule has 0 aliphatic rings. The molecule has 80 valence electrons. The maximum Gasteiger partial charge on any atom is 0.371 e. The van der Waals surface area contributed by atoms with Crippen LogP contribution in [0.25, 0.3) is 10.9 Å². The van der Waals surface area contributed by atoms with E-state index in [0.29, 0.717) is 5.39 Å². The summed E-state index contributed by atoms with van der Waals surface area (Å²) >= 11 is 0.